The molecule has 0 bridgehead atoms. The number of hydrogen-bond acceptors (Lipinski definition) is 3. The second-order valence-electron chi connectivity index (χ2n) is 5.58. The number of nitrogens with two attached hydrogens (primary N) is 1. The van der Waals surface area contributed by atoms with Gasteiger partial charge < -0.3 is 16.2 Å². The third kappa shape index (κ3) is 3.22. The summed E-state index contributed by atoms with van der Waals surface area (Å²) in [5.41, 5.74) is 5.20. The van der Waals surface area contributed by atoms with Crippen molar-refractivity contribution in [2.24, 2.45) is 17.1 Å². The molecule has 1 amide bonds. The number of hydrogen-bond donors (Lipinski definition) is 3. The molecule has 0 heterocycles. The van der Waals surface area contributed by atoms with Gasteiger partial charge in [-0.25, -0.2) is 4.79 Å². The SMILES string of the molecule is CC(C)[C@H](NC(=O)C1(CN)CCCCC1)C(=O)O. The highest BCUT2D eigenvalue weighted by molar-refractivity contribution is 5.87. The van der Waals surface area contributed by atoms with Crippen molar-refractivity contribution in [2.75, 3.05) is 6.54 Å². The Bertz CT molecular complexity index is 309. The highest BCUT2D eigenvalue weighted by Gasteiger charge is 2.40. The van der Waals surface area contributed by atoms with Crippen LogP contribution in [0, 0.1) is 11.3 Å². The van der Waals surface area contributed by atoms with Crippen LogP contribution in [-0.4, -0.2) is 29.6 Å². The van der Waals surface area contributed by atoms with E-state index >= 15 is 0 Å². The lowest BCUT2D eigenvalue weighted by Crippen LogP contribution is -2.53. The zero-order valence-corrected chi connectivity index (χ0v) is 11.2. The van der Waals surface area contributed by atoms with Gasteiger partial charge in [-0.1, -0.05) is 33.1 Å². The molecule has 0 saturated heterocycles. The Kier molecular flexibility index (Phi) is 5.14. The summed E-state index contributed by atoms with van der Waals surface area (Å²) >= 11 is 0. The number of carbonyl (C=O) groups is 2. The summed E-state index contributed by atoms with van der Waals surface area (Å²) in [4.78, 5) is 23.4. The number of aliphatic carboxylic acids is 1. The number of carbonyl (C=O) groups excluding carboxylic acids is 1. The Morgan fingerprint density at radius 3 is 2.22 bits per heavy atom. The van der Waals surface area contributed by atoms with E-state index in [4.69, 9.17) is 10.8 Å². The molecule has 0 aromatic heterocycles. The lowest BCUT2D eigenvalue weighted by molar-refractivity contribution is -0.145. The standard InChI is InChI=1S/C13H24N2O3/c1-9(2)10(11(16)17)15-12(18)13(8-14)6-4-3-5-7-13/h9-10H,3-8,14H2,1-2H3,(H,15,18)(H,16,17)/t10-/m0/s1. The smallest absolute Gasteiger partial charge is 0.326 e. The highest BCUT2D eigenvalue weighted by Crippen LogP contribution is 2.35. The maximum atomic E-state index is 12.3. The van der Waals surface area contributed by atoms with Crippen LogP contribution in [0.3, 0.4) is 0 Å². The normalized spacial score (nSPS) is 20.4. The van der Waals surface area contributed by atoms with Crippen molar-refractivity contribution in [1.29, 1.82) is 0 Å². The lowest BCUT2D eigenvalue weighted by Gasteiger charge is -2.36. The van der Waals surface area contributed by atoms with Gasteiger partial charge in [0.1, 0.15) is 6.04 Å². The van der Waals surface area contributed by atoms with Crippen molar-refractivity contribution >= 4 is 11.9 Å². The van der Waals surface area contributed by atoms with E-state index in [0.29, 0.717) is 6.54 Å². The summed E-state index contributed by atoms with van der Waals surface area (Å²) in [5.74, 6) is -1.31. The zero-order chi connectivity index (χ0) is 13.8. The second-order valence-corrected chi connectivity index (χ2v) is 5.58. The molecule has 5 nitrogen and oxygen atoms in total. The maximum Gasteiger partial charge on any atom is 0.326 e. The molecular weight excluding hydrogens is 232 g/mol. The molecule has 1 atom stereocenters. The van der Waals surface area contributed by atoms with Gasteiger partial charge in [0.05, 0.1) is 5.41 Å². The molecule has 4 N–H and O–H groups in total. The first-order valence-corrected chi connectivity index (χ1v) is 6.67. The molecule has 1 aliphatic carbocycles. The van der Waals surface area contributed by atoms with Crippen molar-refractivity contribution in [3.63, 3.8) is 0 Å². The molecule has 0 aromatic rings. The Hall–Kier alpha value is -1.10. The molecular formula is C13H24N2O3. The highest BCUT2D eigenvalue weighted by atomic mass is 16.4. The fourth-order valence-corrected chi connectivity index (χ4v) is 2.56. The number of amides is 1. The Balaban J connectivity index is 2.75. The minimum absolute atomic E-state index is 0.134. The molecule has 18 heavy (non-hydrogen) atoms. The van der Waals surface area contributed by atoms with Gasteiger partial charge in [0.2, 0.25) is 5.91 Å². The largest absolute Gasteiger partial charge is 0.480 e. The first kappa shape index (κ1) is 15.0. The fraction of sp³-hybridized carbons (Fsp3) is 0.846. The fourth-order valence-electron chi connectivity index (χ4n) is 2.56. The van der Waals surface area contributed by atoms with E-state index in [1.54, 1.807) is 13.8 Å². The summed E-state index contributed by atoms with van der Waals surface area (Å²) < 4.78 is 0. The van der Waals surface area contributed by atoms with E-state index in [1.165, 1.54) is 0 Å². The zero-order valence-electron chi connectivity index (χ0n) is 11.2. The first-order chi connectivity index (χ1) is 8.43. The maximum absolute atomic E-state index is 12.3. The Morgan fingerprint density at radius 2 is 1.83 bits per heavy atom. The molecule has 1 fully saturated rings. The molecule has 0 radical (unpaired) electrons. The molecule has 104 valence electrons. The van der Waals surface area contributed by atoms with Crippen molar-refractivity contribution in [3.8, 4) is 0 Å². The molecule has 0 aliphatic heterocycles. The van der Waals surface area contributed by atoms with Gasteiger partial charge in [0.15, 0.2) is 0 Å². The quantitative estimate of drug-likeness (QED) is 0.687. The van der Waals surface area contributed by atoms with Crippen LogP contribution in [0.4, 0.5) is 0 Å². The van der Waals surface area contributed by atoms with Crippen molar-refractivity contribution < 1.29 is 14.7 Å². The predicted octanol–water partition coefficient (Wildman–Crippen LogP) is 1.12. The van der Waals surface area contributed by atoms with Crippen molar-refractivity contribution in [3.05, 3.63) is 0 Å². The van der Waals surface area contributed by atoms with Gasteiger partial charge in [-0.2, -0.15) is 0 Å². The molecule has 1 aliphatic rings. The van der Waals surface area contributed by atoms with E-state index in [1.807, 2.05) is 0 Å². The molecule has 0 spiro atoms. The van der Waals surface area contributed by atoms with Gasteiger partial charge >= 0.3 is 5.97 Å². The monoisotopic (exact) mass is 256 g/mol. The average Bonchev–Trinajstić information content (AvgIpc) is 2.35. The van der Waals surface area contributed by atoms with Crippen LogP contribution >= 0.6 is 0 Å². The molecule has 1 saturated carbocycles. The van der Waals surface area contributed by atoms with E-state index in [9.17, 15) is 9.59 Å². The second kappa shape index (κ2) is 6.18. The van der Waals surface area contributed by atoms with Crippen LogP contribution < -0.4 is 11.1 Å². The molecule has 5 heteroatoms. The van der Waals surface area contributed by atoms with Gasteiger partial charge in [0, 0.05) is 6.54 Å². The minimum atomic E-state index is -0.985. The summed E-state index contributed by atoms with van der Waals surface area (Å²) in [6, 6.07) is -0.831. The molecule has 0 unspecified atom stereocenters. The Labute approximate surface area is 108 Å². The van der Waals surface area contributed by atoms with Crippen molar-refractivity contribution in [1.82, 2.24) is 5.32 Å². The summed E-state index contributed by atoms with van der Waals surface area (Å²) in [7, 11) is 0. The number of nitrogens with one attached hydrogen (secondary N) is 1. The summed E-state index contributed by atoms with van der Waals surface area (Å²) in [6.45, 7) is 3.87. The summed E-state index contributed by atoms with van der Waals surface area (Å²) in [5, 5.41) is 11.8. The van der Waals surface area contributed by atoms with E-state index in [-0.39, 0.29) is 11.8 Å². The van der Waals surface area contributed by atoms with Crippen LogP contribution in [0.5, 0.6) is 0 Å². The number of rotatable bonds is 5. The predicted molar refractivity (Wildman–Crippen MR) is 69.0 cm³/mol. The van der Waals surface area contributed by atoms with Crippen LogP contribution in [0.2, 0.25) is 0 Å². The third-order valence-corrected chi connectivity index (χ3v) is 3.90. The van der Waals surface area contributed by atoms with Crippen LogP contribution in [0.1, 0.15) is 46.0 Å². The van der Waals surface area contributed by atoms with E-state index < -0.39 is 17.4 Å². The molecule has 0 aromatic carbocycles. The van der Waals surface area contributed by atoms with Crippen molar-refractivity contribution in [2.45, 2.75) is 52.0 Å². The summed E-state index contributed by atoms with van der Waals surface area (Å²) in [6.07, 6.45) is 4.63. The van der Waals surface area contributed by atoms with Gasteiger partial charge in [-0.3, -0.25) is 4.79 Å². The Morgan fingerprint density at radius 1 is 1.28 bits per heavy atom. The number of carboxylic acids is 1. The number of carboxylic acid groups (broad SMARTS) is 1. The average molecular weight is 256 g/mol. The lowest BCUT2D eigenvalue weighted by atomic mass is 9.73. The van der Waals surface area contributed by atoms with E-state index in [2.05, 4.69) is 5.32 Å². The van der Waals surface area contributed by atoms with Gasteiger partial charge in [-0.15, -0.1) is 0 Å². The van der Waals surface area contributed by atoms with E-state index in [0.717, 1.165) is 32.1 Å². The van der Waals surface area contributed by atoms with Crippen LogP contribution in [0.25, 0.3) is 0 Å². The minimum Gasteiger partial charge on any atom is -0.480 e. The molecule has 1 rings (SSSR count). The van der Waals surface area contributed by atoms with Crippen LogP contribution in [0.15, 0.2) is 0 Å². The first-order valence-electron chi connectivity index (χ1n) is 6.67. The topological polar surface area (TPSA) is 92.4 Å². The third-order valence-electron chi connectivity index (χ3n) is 3.90. The van der Waals surface area contributed by atoms with Crippen LogP contribution in [-0.2, 0) is 9.59 Å². The van der Waals surface area contributed by atoms with Gasteiger partial charge in [-0.05, 0) is 18.8 Å². The van der Waals surface area contributed by atoms with Gasteiger partial charge in [0.25, 0.3) is 0 Å².